The van der Waals surface area contributed by atoms with E-state index < -0.39 is 0 Å². The number of amides is 1. The van der Waals surface area contributed by atoms with Gasteiger partial charge in [0.1, 0.15) is 6.54 Å². The van der Waals surface area contributed by atoms with Gasteiger partial charge in [-0.3, -0.25) is 4.79 Å². The molecule has 1 heterocycles. The van der Waals surface area contributed by atoms with Gasteiger partial charge in [-0.15, -0.1) is 0 Å². The minimum atomic E-state index is 0.00561. The van der Waals surface area contributed by atoms with Gasteiger partial charge in [0.2, 0.25) is 5.91 Å². The molecule has 2 aromatic rings. The van der Waals surface area contributed by atoms with Gasteiger partial charge in [-0.25, -0.2) is 0 Å². The Morgan fingerprint density at radius 3 is 3.00 bits per heavy atom. The second-order valence-electron chi connectivity index (χ2n) is 4.29. The van der Waals surface area contributed by atoms with Gasteiger partial charge in [-0.2, -0.15) is 0 Å². The van der Waals surface area contributed by atoms with Crippen molar-refractivity contribution in [2.45, 2.75) is 13.5 Å². The van der Waals surface area contributed by atoms with Crippen LogP contribution in [0.3, 0.4) is 0 Å². The summed E-state index contributed by atoms with van der Waals surface area (Å²) in [5.41, 5.74) is 2.32. The first-order chi connectivity index (χ1) is 8.72. The van der Waals surface area contributed by atoms with Crippen LogP contribution in [0.15, 0.2) is 30.5 Å². The number of fused-ring (bicyclic) bond motifs is 1. The zero-order valence-corrected chi connectivity index (χ0v) is 10.8. The maximum atomic E-state index is 11.7. The molecule has 4 heteroatoms. The van der Waals surface area contributed by atoms with E-state index in [2.05, 4.69) is 18.3 Å². The number of ether oxygens (including phenoxy) is 1. The summed E-state index contributed by atoms with van der Waals surface area (Å²) in [7, 11) is 1.62. The third-order valence-corrected chi connectivity index (χ3v) is 2.97. The Bertz CT molecular complexity index is 546. The van der Waals surface area contributed by atoms with E-state index in [1.54, 1.807) is 7.11 Å². The maximum absolute atomic E-state index is 11.7. The summed E-state index contributed by atoms with van der Waals surface area (Å²) in [6.07, 6.45) is 1.95. The number of benzene rings is 1. The van der Waals surface area contributed by atoms with E-state index in [0.29, 0.717) is 19.7 Å². The quantitative estimate of drug-likeness (QED) is 0.816. The van der Waals surface area contributed by atoms with Gasteiger partial charge in [0.25, 0.3) is 0 Å². The Morgan fingerprint density at radius 2 is 2.22 bits per heavy atom. The standard InChI is InChI=1S/C14H18N2O2/c1-11-4-3-5-13-12(11)6-8-16(13)10-14(17)15-7-9-18-2/h3-6,8H,7,9-10H2,1-2H3,(H,15,17). The van der Waals surface area contributed by atoms with Gasteiger partial charge in [-0.1, -0.05) is 12.1 Å². The number of carbonyl (C=O) groups excluding carboxylic acids is 1. The number of nitrogens with one attached hydrogen (secondary N) is 1. The van der Waals surface area contributed by atoms with Crippen LogP contribution in [0.2, 0.25) is 0 Å². The molecule has 1 N–H and O–H groups in total. The summed E-state index contributed by atoms with van der Waals surface area (Å²) in [5, 5.41) is 4.01. The monoisotopic (exact) mass is 246 g/mol. The lowest BCUT2D eigenvalue weighted by Crippen LogP contribution is -2.30. The second kappa shape index (κ2) is 5.69. The smallest absolute Gasteiger partial charge is 0.240 e. The Hall–Kier alpha value is -1.81. The lowest BCUT2D eigenvalue weighted by Gasteiger charge is -2.07. The van der Waals surface area contributed by atoms with Crippen molar-refractivity contribution in [2.75, 3.05) is 20.3 Å². The van der Waals surface area contributed by atoms with Crippen molar-refractivity contribution in [3.05, 3.63) is 36.0 Å². The van der Waals surface area contributed by atoms with Crippen LogP contribution in [0.5, 0.6) is 0 Å². The fourth-order valence-electron chi connectivity index (χ4n) is 2.02. The summed E-state index contributed by atoms with van der Waals surface area (Å²) in [5.74, 6) is 0.00561. The molecule has 0 aliphatic heterocycles. The van der Waals surface area contributed by atoms with Gasteiger partial charge in [0, 0.05) is 30.8 Å². The highest BCUT2D eigenvalue weighted by atomic mass is 16.5. The predicted octanol–water partition coefficient (Wildman–Crippen LogP) is 1.71. The molecular formula is C14H18N2O2. The number of carbonyl (C=O) groups is 1. The first-order valence-corrected chi connectivity index (χ1v) is 6.02. The molecule has 96 valence electrons. The Kier molecular flexibility index (Phi) is 3.99. The number of methoxy groups -OCH3 is 1. The van der Waals surface area contributed by atoms with Crippen LogP contribution in [-0.4, -0.2) is 30.7 Å². The molecule has 4 nitrogen and oxygen atoms in total. The van der Waals surface area contributed by atoms with Crippen molar-refractivity contribution >= 4 is 16.8 Å². The van der Waals surface area contributed by atoms with Crippen LogP contribution in [-0.2, 0) is 16.1 Å². The third kappa shape index (κ3) is 2.71. The molecule has 1 amide bonds. The molecule has 0 atom stereocenters. The number of hydrogen-bond acceptors (Lipinski definition) is 2. The highest BCUT2D eigenvalue weighted by Crippen LogP contribution is 2.19. The molecule has 0 aliphatic carbocycles. The van der Waals surface area contributed by atoms with Crippen molar-refractivity contribution in [1.29, 1.82) is 0 Å². The van der Waals surface area contributed by atoms with Crippen molar-refractivity contribution in [3.8, 4) is 0 Å². The summed E-state index contributed by atoms with van der Waals surface area (Å²) in [6, 6.07) is 8.17. The average Bonchev–Trinajstić information content (AvgIpc) is 2.74. The second-order valence-corrected chi connectivity index (χ2v) is 4.29. The Balaban J connectivity index is 2.08. The molecule has 2 rings (SSSR count). The molecule has 0 bridgehead atoms. The summed E-state index contributed by atoms with van der Waals surface area (Å²) in [6.45, 7) is 3.51. The van der Waals surface area contributed by atoms with E-state index in [-0.39, 0.29) is 5.91 Å². The highest BCUT2D eigenvalue weighted by molar-refractivity contribution is 5.85. The summed E-state index contributed by atoms with van der Waals surface area (Å²) >= 11 is 0. The van der Waals surface area contributed by atoms with Crippen LogP contribution >= 0.6 is 0 Å². The van der Waals surface area contributed by atoms with Gasteiger partial charge >= 0.3 is 0 Å². The topological polar surface area (TPSA) is 43.3 Å². The van der Waals surface area contributed by atoms with Gasteiger partial charge in [0.15, 0.2) is 0 Å². The van der Waals surface area contributed by atoms with E-state index >= 15 is 0 Å². The van der Waals surface area contributed by atoms with Crippen LogP contribution in [0.4, 0.5) is 0 Å². The number of aryl methyl sites for hydroxylation is 1. The molecule has 0 spiro atoms. The van der Waals surface area contributed by atoms with Crippen LogP contribution < -0.4 is 5.32 Å². The van der Waals surface area contributed by atoms with Crippen molar-refractivity contribution in [3.63, 3.8) is 0 Å². The summed E-state index contributed by atoms with van der Waals surface area (Å²) < 4.78 is 6.85. The fraction of sp³-hybridized carbons (Fsp3) is 0.357. The molecule has 1 aromatic carbocycles. The Morgan fingerprint density at radius 1 is 1.39 bits per heavy atom. The third-order valence-electron chi connectivity index (χ3n) is 2.97. The Labute approximate surface area is 107 Å². The minimum absolute atomic E-state index is 0.00561. The minimum Gasteiger partial charge on any atom is -0.383 e. The molecule has 1 aromatic heterocycles. The largest absolute Gasteiger partial charge is 0.383 e. The number of nitrogens with zero attached hydrogens (tertiary/aromatic N) is 1. The van der Waals surface area contributed by atoms with Crippen molar-refractivity contribution < 1.29 is 9.53 Å². The molecule has 0 aliphatic rings. The van der Waals surface area contributed by atoms with E-state index in [0.717, 1.165) is 5.52 Å². The van der Waals surface area contributed by atoms with E-state index in [4.69, 9.17) is 4.74 Å². The SMILES string of the molecule is COCCNC(=O)Cn1ccc2c(C)cccc21. The molecule has 0 unspecified atom stereocenters. The number of rotatable bonds is 5. The van der Waals surface area contributed by atoms with E-state index in [9.17, 15) is 4.79 Å². The lowest BCUT2D eigenvalue weighted by molar-refractivity contribution is -0.121. The highest BCUT2D eigenvalue weighted by Gasteiger charge is 2.06. The summed E-state index contributed by atoms with van der Waals surface area (Å²) in [4.78, 5) is 11.7. The van der Waals surface area contributed by atoms with E-state index in [1.165, 1.54) is 10.9 Å². The first kappa shape index (κ1) is 12.6. The number of hydrogen-bond donors (Lipinski definition) is 1. The van der Waals surface area contributed by atoms with Gasteiger partial charge in [-0.05, 0) is 24.6 Å². The molecular weight excluding hydrogens is 228 g/mol. The van der Waals surface area contributed by atoms with Gasteiger partial charge < -0.3 is 14.6 Å². The number of aromatic nitrogens is 1. The van der Waals surface area contributed by atoms with Gasteiger partial charge in [0.05, 0.1) is 6.61 Å². The van der Waals surface area contributed by atoms with Crippen LogP contribution in [0.1, 0.15) is 5.56 Å². The van der Waals surface area contributed by atoms with Crippen molar-refractivity contribution in [1.82, 2.24) is 9.88 Å². The van der Waals surface area contributed by atoms with Crippen molar-refractivity contribution in [2.24, 2.45) is 0 Å². The lowest BCUT2D eigenvalue weighted by atomic mass is 10.1. The zero-order chi connectivity index (χ0) is 13.0. The molecule has 18 heavy (non-hydrogen) atoms. The van der Waals surface area contributed by atoms with Crippen LogP contribution in [0.25, 0.3) is 10.9 Å². The molecule has 0 saturated carbocycles. The molecule has 0 fully saturated rings. The van der Waals surface area contributed by atoms with E-state index in [1.807, 2.05) is 29.0 Å². The predicted molar refractivity (Wildman–Crippen MR) is 71.6 cm³/mol. The average molecular weight is 246 g/mol. The zero-order valence-electron chi connectivity index (χ0n) is 10.8. The first-order valence-electron chi connectivity index (χ1n) is 6.02. The fourth-order valence-corrected chi connectivity index (χ4v) is 2.02. The molecule has 0 radical (unpaired) electrons. The molecule has 0 saturated heterocycles. The normalized spacial score (nSPS) is 10.8. The maximum Gasteiger partial charge on any atom is 0.240 e. The van der Waals surface area contributed by atoms with Crippen LogP contribution in [0, 0.1) is 6.92 Å².